The molecule has 32 heavy (non-hydrogen) atoms. The Morgan fingerprint density at radius 1 is 1.03 bits per heavy atom. The highest BCUT2D eigenvalue weighted by atomic mass is 35.5. The van der Waals surface area contributed by atoms with Crippen LogP contribution in [0.3, 0.4) is 0 Å². The molecule has 0 N–H and O–H groups in total. The molecule has 1 heterocycles. The molecule has 1 aliphatic rings. The van der Waals surface area contributed by atoms with Crippen molar-refractivity contribution < 1.29 is 19.0 Å². The lowest BCUT2D eigenvalue weighted by Crippen LogP contribution is -2.31. The summed E-state index contributed by atoms with van der Waals surface area (Å²) in [6.07, 6.45) is 1.85. The molecule has 3 aromatic rings. The van der Waals surface area contributed by atoms with E-state index in [1.165, 1.54) is 0 Å². The SMILES string of the molecule is COc1cc(CN(Cc2cc3cc(C)ccc3nc2Cl)C(=O)C2CC2)cc(OC)c1OC. The second kappa shape index (κ2) is 9.25. The molecule has 1 aliphatic carbocycles. The summed E-state index contributed by atoms with van der Waals surface area (Å²) in [4.78, 5) is 19.5. The van der Waals surface area contributed by atoms with Gasteiger partial charge in [0.15, 0.2) is 11.5 Å². The fourth-order valence-electron chi connectivity index (χ4n) is 3.88. The largest absolute Gasteiger partial charge is 0.493 e. The number of aromatic nitrogens is 1. The predicted octanol–water partition coefficient (Wildman–Crippen LogP) is 5.16. The van der Waals surface area contributed by atoms with Gasteiger partial charge in [0.25, 0.3) is 0 Å². The quantitative estimate of drug-likeness (QED) is 0.440. The zero-order chi connectivity index (χ0) is 22.8. The first-order valence-electron chi connectivity index (χ1n) is 10.6. The number of fused-ring (bicyclic) bond motifs is 1. The number of amides is 1. The maximum Gasteiger partial charge on any atom is 0.226 e. The zero-order valence-corrected chi connectivity index (χ0v) is 19.5. The van der Waals surface area contributed by atoms with Gasteiger partial charge in [-0.1, -0.05) is 23.2 Å². The summed E-state index contributed by atoms with van der Waals surface area (Å²) >= 11 is 6.52. The van der Waals surface area contributed by atoms with Crippen molar-refractivity contribution in [2.24, 2.45) is 5.92 Å². The third-order valence-corrected chi connectivity index (χ3v) is 6.02. The Morgan fingerprint density at radius 3 is 2.31 bits per heavy atom. The molecular weight excluding hydrogens is 428 g/mol. The van der Waals surface area contributed by atoms with Gasteiger partial charge in [0.2, 0.25) is 11.7 Å². The van der Waals surface area contributed by atoms with E-state index < -0.39 is 0 Å². The van der Waals surface area contributed by atoms with E-state index in [-0.39, 0.29) is 11.8 Å². The first-order chi connectivity index (χ1) is 15.4. The standard InChI is InChI=1S/C25H27ClN2O4/c1-15-5-8-20-18(9-15)12-19(24(26)27-20)14-28(25(29)17-6-7-17)13-16-10-21(30-2)23(32-4)22(11-16)31-3/h5,8-12,17H,6-7,13-14H2,1-4H3. The van der Waals surface area contributed by atoms with E-state index in [4.69, 9.17) is 25.8 Å². The van der Waals surface area contributed by atoms with Crippen LogP contribution in [0.1, 0.15) is 29.5 Å². The van der Waals surface area contributed by atoms with Crippen molar-refractivity contribution in [3.63, 3.8) is 0 Å². The van der Waals surface area contributed by atoms with Crippen LogP contribution in [0.15, 0.2) is 36.4 Å². The second-order valence-corrected chi connectivity index (χ2v) is 8.49. The van der Waals surface area contributed by atoms with Crippen LogP contribution < -0.4 is 14.2 Å². The van der Waals surface area contributed by atoms with Crippen LogP contribution in [-0.4, -0.2) is 37.1 Å². The molecule has 0 radical (unpaired) electrons. The number of pyridine rings is 1. The Hall–Kier alpha value is -2.99. The van der Waals surface area contributed by atoms with Gasteiger partial charge in [-0.15, -0.1) is 0 Å². The van der Waals surface area contributed by atoms with Gasteiger partial charge in [-0.25, -0.2) is 4.98 Å². The van der Waals surface area contributed by atoms with Crippen LogP contribution in [-0.2, 0) is 17.9 Å². The molecule has 0 aliphatic heterocycles. The number of methoxy groups -OCH3 is 3. The van der Waals surface area contributed by atoms with Gasteiger partial charge >= 0.3 is 0 Å². The third-order valence-electron chi connectivity index (χ3n) is 5.69. The van der Waals surface area contributed by atoms with Crippen molar-refractivity contribution >= 4 is 28.4 Å². The minimum absolute atomic E-state index is 0.0754. The van der Waals surface area contributed by atoms with Crippen LogP contribution in [0.4, 0.5) is 0 Å². The van der Waals surface area contributed by atoms with E-state index in [0.717, 1.165) is 40.4 Å². The Balaban J connectivity index is 1.68. The summed E-state index contributed by atoms with van der Waals surface area (Å²) in [7, 11) is 4.73. The summed E-state index contributed by atoms with van der Waals surface area (Å²) in [5.74, 6) is 1.84. The van der Waals surface area contributed by atoms with E-state index in [2.05, 4.69) is 11.1 Å². The number of aryl methyl sites for hydroxylation is 1. The summed E-state index contributed by atoms with van der Waals surface area (Å²) in [5.41, 5.74) is 3.70. The highest BCUT2D eigenvalue weighted by molar-refractivity contribution is 6.30. The van der Waals surface area contributed by atoms with Gasteiger partial charge in [-0.2, -0.15) is 0 Å². The lowest BCUT2D eigenvalue weighted by molar-refractivity contribution is -0.133. The number of rotatable bonds is 8. The maximum absolute atomic E-state index is 13.2. The van der Waals surface area contributed by atoms with E-state index >= 15 is 0 Å². The molecule has 0 spiro atoms. The van der Waals surface area contributed by atoms with Gasteiger partial charge in [-0.3, -0.25) is 4.79 Å². The summed E-state index contributed by atoms with van der Waals surface area (Å²) in [6, 6.07) is 11.8. The second-order valence-electron chi connectivity index (χ2n) is 8.14. The van der Waals surface area contributed by atoms with Gasteiger partial charge < -0.3 is 19.1 Å². The lowest BCUT2D eigenvalue weighted by atomic mass is 10.1. The van der Waals surface area contributed by atoms with Crippen LogP contribution in [0, 0.1) is 12.8 Å². The highest BCUT2D eigenvalue weighted by Crippen LogP contribution is 2.39. The van der Waals surface area contributed by atoms with Gasteiger partial charge in [-0.05, 0) is 55.7 Å². The van der Waals surface area contributed by atoms with Crippen LogP contribution in [0.25, 0.3) is 10.9 Å². The van der Waals surface area contributed by atoms with Gasteiger partial charge in [0.1, 0.15) is 5.15 Å². The van der Waals surface area contributed by atoms with Crippen LogP contribution in [0.2, 0.25) is 5.15 Å². The fourth-order valence-corrected chi connectivity index (χ4v) is 4.09. The van der Waals surface area contributed by atoms with Crippen molar-refractivity contribution in [2.45, 2.75) is 32.9 Å². The predicted molar refractivity (Wildman–Crippen MR) is 125 cm³/mol. The Bertz CT molecular complexity index is 1140. The topological polar surface area (TPSA) is 60.9 Å². The molecule has 1 fully saturated rings. The molecule has 168 valence electrons. The minimum Gasteiger partial charge on any atom is -0.493 e. The molecule has 2 aromatic carbocycles. The average Bonchev–Trinajstić information content (AvgIpc) is 3.63. The smallest absolute Gasteiger partial charge is 0.226 e. The molecule has 6 nitrogen and oxygen atoms in total. The zero-order valence-electron chi connectivity index (χ0n) is 18.8. The van der Waals surface area contributed by atoms with Crippen molar-refractivity contribution in [2.75, 3.05) is 21.3 Å². The normalized spacial score (nSPS) is 13.2. The minimum atomic E-state index is 0.0754. The fraction of sp³-hybridized carbons (Fsp3) is 0.360. The van der Waals surface area contributed by atoms with E-state index in [9.17, 15) is 4.79 Å². The molecule has 1 saturated carbocycles. The van der Waals surface area contributed by atoms with Crippen molar-refractivity contribution in [1.29, 1.82) is 0 Å². The third kappa shape index (κ3) is 4.60. The molecule has 0 atom stereocenters. The van der Waals surface area contributed by atoms with E-state index in [1.807, 2.05) is 42.2 Å². The Labute approximate surface area is 193 Å². The van der Waals surface area contributed by atoms with Crippen molar-refractivity contribution in [3.8, 4) is 17.2 Å². The summed E-state index contributed by atoms with van der Waals surface area (Å²) < 4.78 is 16.4. The molecule has 1 aromatic heterocycles. The summed E-state index contributed by atoms with van der Waals surface area (Å²) in [6.45, 7) is 2.82. The number of carbonyl (C=O) groups excluding carboxylic acids is 1. The first-order valence-corrected chi connectivity index (χ1v) is 10.9. The van der Waals surface area contributed by atoms with Crippen molar-refractivity contribution in [3.05, 3.63) is 58.2 Å². The van der Waals surface area contributed by atoms with E-state index in [1.54, 1.807) is 21.3 Å². The monoisotopic (exact) mass is 454 g/mol. The molecule has 7 heteroatoms. The number of nitrogens with zero attached hydrogens (tertiary/aromatic N) is 2. The molecule has 0 unspecified atom stereocenters. The van der Waals surface area contributed by atoms with Gasteiger partial charge in [0, 0.05) is 30.0 Å². The molecule has 0 bridgehead atoms. The molecule has 1 amide bonds. The first kappa shape index (κ1) is 22.2. The maximum atomic E-state index is 13.2. The molecular formula is C25H27ClN2O4. The van der Waals surface area contributed by atoms with E-state index in [0.29, 0.717) is 35.5 Å². The summed E-state index contributed by atoms with van der Waals surface area (Å²) in [5, 5.41) is 1.43. The van der Waals surface area contributed by atoms with Crippen molar-refractivity contribution in [1.82, 2.24) is 9.88 Å². The highest BCUT2D eigenvalue weighted by Gasteiger charge is 2.34. The number of hydrogen-bond donors (Lipinski definition) is 0. The molecule has 4 rings (SSSR count). The van der Waals surface area contributed by atoms with Crippen LogP contribution in [0.5, 0.6) is 17.2 Å². The van der Waals surface area contributed by atoms with Crippen LogP contribution >= 0.6 is 11.6 Å². The average molecular weight is 455 g/mol. The molecule has 0 saturated heterocycles. The number of hydrogen-bond acceptors (Lipinski definition) is 5. The van der Waals surface area contributed by atoms with Gasteiger partial charge in [0.05, 0.1) is 26.8 Å². The number of benzene rings is 2. The Morgan fingerprint density at radius 2 is 1.72 bits per heavy atom. The Kier molecular flexibility index (Phi) is 6.42. The number of ether oxygens (including phenoxy) is 3. The lowest BCUT2D eigenvalue weighted by Gasteiger charge is -2.24. The number of carbonyl (C=O) groups is 1. The number of halogens is 1.